The summed E-state index contributed by atoms with van der Waals surface area (Å²) in [4.78, 5) is 20.3. The first-order chi connectivity index (χ1) is 8.08. The van der Waals surface area contributed by atoms with Gasteiger partial charge in [0.25, 0.3) is 0 Å². The van der Waals surface area contributed by atoms with Gasteiger partial charge < -0.3 is 14.6 Å². The maximum Gasteiger partial charge on any atom is 0.333 e. The Morgan fingerprint density at radius 3 is 2.24 bits per heavy atom. The predicted molar refractivity (Wildman–Crippen MR) is 64.6 cm³/mol. The zero-order valence-corrected chi connectivity index (χ0v) is 10.8. The molecule has 0 rings (SSSR count). The molecule has 5 heteroatoms. The van der Waals surface area contributed by atoms with Crippen LogP contribution >= 0.6 is 0 Å². The first kappa shape index (κ1) is 17.9. The van der Waals surface area contributed by atoms with E-state index in [0.29, 0.717) is 13.0 Å². The van der Waals surface area contributed by atoms with Crippen LogP contribution in [0.3, 0.4) is 0 Å². The van der Waals surface area contributed by atoms with Gasteiger partial charge in [0.1, 0.15) is 0 Å². The molecular formula is C12H22O5. The number of unbranched alkanes of at least 4 members (excludes halogenated alkanes) is 1. The number of methoxy groups -OCH3 is 1. The lowest BCUT2D eigenvalue weighted by atomic mass is 10.4. The van der Waals surface area contributed by atoms with E-state index in [-0.39, 0.29) is 5.97 Å². The molecule has 0 spiro atoms. The predicted octanol–water partition coefficient (Wildman–Crippen LogP) is 2.36. The summed E-state index contributed by atoms with van der Waals surface area (Å²) in [5, 5.41) is 7.91. The molecule has 100 valence electrons. The van der Waals surface area contributed by atoms with Crippen molar-refractivity contribution in [3.8, 4) is 0 Å². The van der Waals surface area contributed by atoms with E-state index in [4.69, 9.17) is 9.84 Å². The fraction of sp³-hybridized carbons (Fsp3) is 0.667. The first-order valence-corrected chi connectivity index (χ1v) is 5.66. The molecule has 0 aliphatic rings. The molecule has 0 aliphatic heterocycles. The molecule has 0 heterocycles. The summed E-state index contributed by atoms with van der Waals surface area (Å²) in [7, 11) is 1.48. The number of carboxylic acid groups (broad SMARTS) is 1. The van der Waals surface area contributed by atoms with Gasteiger partial charge >= 0.3 is 11.9 Å². The molecule has 0 saturated carbocycles. The van der Waals surface area contributed by atoms with Crippen molar-refractivity contribution in [1.82, 2.24) is 0 Å². The standard InChI is InChI=1S/C8H14O3.C4H8O2/c1-3-4-6-11-8(9)5-7-10-2;1-2-3-4(5)6/h5,7H,3-4,6H2,1-2H3;2-3H2,1H3,(H,5,6). The first-order valence-electron chi connectivity index (χ1n) is 5.66. The smallest absolute Gasteiger partial charge is 0.333 e. The lowest BCUT2D eigenvalue weighted by Gasteiger charge is -1.98. The van der Waals surface area contributed by atoms with Crippen LogP contribution in [-0.4, -0.2) is 30.8 Å². The molecule has 0 aromatic rings. The van der Waals surface area contributed by atoms with Gasteiger partial charge in [0.05, 0.1) is 26.1 Å². The molecule has 0 radical (unpaired) electrons. The van der Waals surface area contributed by atoms with Crippen molar-refractivity contribution in [2.45, 2.75) is 39.5 Å². The van der Waals surface area contributed by atoms with Crippen molar-refractivity contribution < 1.29 is 24.2 Å². The summed E-state index contributed by atoms with van der Waals surface area (Å²) in [6, 6.07) is 0. The van der Waals surface area contributed by atoms with Gasteiger partial charge in [-0.15, -0.1) is 0 Å². The average molecular weight is 246 g/mol. The van der Waals surface area contributed by atoms with Crippen LogP contribution in [0.15, 0.2) is 12.3 Å². The Balaban J connectivity index is 0. The van der Waals surface area contributed by atoms with E-state index < -0.39 is 5.97 Å². The molecule has 0 saturated heterocycles. The highest BCUT2D eigenvalue weighted by atomic mass is 16.5. The Morgan fingerprint density at radius 1 is 1.24 bits per heavy atom. The molecular weight excluding hydrogens is 224 g/mol. The van der Waals surface area contributed by atoms with Crippen LogP contribution in [0.4, 0.5) is 0 Å². The van der Waals surface area contributed by atoms with E-state index in [0.717, 1.165) is 19.3 Å². The molecule has 0 aromatic heterocycles. The molecule has 0 fully saturated rings. The topological polar surface area (TPSA) is 72.8 Å². The highest BCUT2D eigenvalue weighted by Gasteiger charge is 1.93. The third-order valence-electron chi connectivity index (χ3n) is 1.55. The zero-order valence-electron chi connectivity index (χ0n) is 10.8. The summed E-state index contributed by atoms with van der Waals surface area (Å²) in [5.41, 5.74) is 0. The van der Waals surface area contributed by atoms with Crippen molar-refractivity contribution in [2.24, 2.45) is 0 Å². The number of ether oxygens (including phenoxy) is 2. The second-order valence-corrected chi connectivity index (χ2v) is 3.20. The summed E-state index contributed by atoms with van der Waals surface area (Å²) >= 11 is 0. The number of aliphatic carboxylic acids is 1. The van der Waals surface area contributed by atoms with Crippen LogP contribution in [-0.2, 0) is 19.1 Å². The van der Waals surface area contributed by atoms with E-state index in [9.17, 15) is 9.59 Å². The van der Waals surface area contributed by atoms with Gasteiger partial charge in [0.2, 0.25) is 0 Å². The Hall–Kier alpha value is -1.52. The van der Waals surface area contributed by atoms with E-state index in [2.05, 4.69) is 4.74 Å². The minimum atomic E-state index is -0.711. The zero-order chi connectivity index (χ0) is 13.5. The van der Waals surface area contributed by atoms with Crippen LogP contribution < -0.4 is 0 Å². The van der Waals surface area contributed by atoms with Gasteiger partial charge in [-0.25, -0.2) is 4.79 Å². The maximum atomic E-state index is 10.7. The molecule has 0 atom stereocenters. The van der Waals surface area contributed by atoms with Crippen LogP contribution in [0.1, 0.15) is 39.5 Å². The Morgan fingerprint density at radius 2 is 1.88 bits per heavy atom. The molecule has 0 aromatic carbocycles. The van der Waals surface area contributed by atoms with E-state index in [1.165, 1.54) is 19.4 Å². The van der Waals surface area contributed by atoms with Crippen LogP contribution in [0, 0.1) is 0 Å². The van der Waals surface area contributed by atoms with Gasteiger partial charge in [-0.05, 0) is 12.8 Å². The van der Waals surface area contributed by atoms with Crippen molar-refractivity contribution in [3.63, 3.8) is 0 Å². The van der Waals surface area contributed by atoms with Gasteiger partial charge in [-0.3, -0.25) is 4.79 Å². The minimum absolute atomic E-state index is 0.292. The largest absolute Gasteiger partial charge is 0.504 e. The summed E-state index contributed by atoms with van der Waals surface area (Å²) < 4.78 is 9.32. The third kappa shape index (κ3) is 20.5. The molecule has 0 bridgehead atoms. The summed E-state index contributed by atoms with van der Waals surface area (Å²) in [6.07, 6.45) is 5.52. The molecule has 0 amide bonds. The summed E-state index contributed by atoms with van der Waals surface area (Å²) in [5.74, 6) is -1.06. The van der Waals surface area contributed by atoms with Crippen LogP contribution in [0.25, 0.3) is 0 Å². The van der Waals surface area contributed by atoms with Crippen molar-refractivity contribution in [3.05, 3.63) is 12.3 Å². The maximum absolute atomic E-state index is 10.7. The number of hydrogen-bond acceptors (Lipinski definition) is 4. The number of carbonyl (C=O) groups is 2. The highest BCUT2D eigenvalue weighted by Crippen LogP contribution is 1.89. The fourth-order valence-corrected chi connectivity index (χ4v) is 0.703. The SMILES string of the molecule is CCCC(=O)O.CCCCOC(=O)C=COC. The van der Waals surface area contributed by atoms with Crippen molar-refractivity contribution in [2.75, 3.05) is 13.7 Å². The normalized spacial score (nSPS) is 9.35. The van der Waals surface area contributed by atoms with Gasteiger partial charge in [-0.2, -0.15) is 0 Å². The second-order valence-electron chi connectivity index (χ2n) is 3.20. The van der Waals surface area contributed by atoms with E-state index in [1.54, 1.807) is 0 Å². The quantitative estimate of drug-likeness (QED) is 0.323. The number of esters is 1. The van der Waals surface area contributed by atoms with Crippen LogP contribution in [0.2, 0.25) is 0 Å². The highest BCUT2D eigenvalue weighted by molar-refractivity contribution is 5.81. The Labute approximate surface area is 102 Å². The monoisotopic (exact) mass is 246 g/mol. The number of rotatable bonds is 7. The van der Waals surface area contributed by atoms with Crippen LogP contribution in [0.5, 0.6) is 0 Å². The van der Waals surface area contributed by atoms with E-state index in [1.807, 2.05) is 13.8 Å². The molecule has 17 heavy (non-hydrogen) atoms. The minimum Gasteiger partial charge on any atom is -0.504 e. The Bertz CT molecular complexity index is 223. The summed E-state index contributed by atoms with van der Waals surface area (Å²) in [6.45, 7) is 4.37. The average Bonchev–Trinajstić information content (AvgIpc) is 2.27. The van der Waals surface area contributed by atoms with E-state index >= 15 is 0 Å². The molecule has 0 aliphatic carbocycles. The van der Waals surface area contributed by atoms with Crippen molar-refractivity contribution in [1.29, 1.82) is 0 Å². The number of carboxylic acids is 1. The molecule has 0 unspecified atom stereocenters. The van der Waals surface area contributed by atoms with Gasteiger partial charge in [-0.1, -0.05) is 20.3 Å². The lowest BCUT2D eigenvalue weighted by Crippen LogP contribution is -2.01. The second kappa shape index (κ2) is 14.5. The van der Waals surface area contributed by atoms with Crippen molar-refractivity contribution >= 4 is 11.9 Å². The fourth-order valence-electron chi connectivity index (χ4n) is 0.703. The molecule has 1 N–H and O–H groups in total. The van der Waals surface area contributed by atoms with Gasteiger partial charge in [0, 0.05) is 6.42 Å². The molecule has 5 nitrogen and oxygen atoms in total. The number of carbonyl (C=O) groups excluding carboxylic acids is 1. The number of hydrogen-bond donors (Lipinski definition) is 1. The Kier molecular flexibility index (Phi) is 15.2. The third-order valence-corrected chi connectivity index (χ3v) is 1.55. The lowest BCUT2D eigenvalue weighted by molar-refractivity contribution is -0.138. The van der Waals surface area contributed by atoms with Gasteiger partial charge in [0.15, 0.2) is 0 Å².